The molecule has 3 nitrogen and oxygen atoms in total. The lowest BCUT2D eigenvalue weighted by molar-refractivity contribution is 0.486. The molecule has 21 heavy (non-hydrogen) atoms. The largest absolute Gasteiger partial charge is 0.455 e. The lowest BCUT2D eigenvalue weighted by atomic mass is 10.2. The van der Waals surface area contributed by atoms with E-state index in [1.54, 1.807) is 0 Å². The summed E-state index contributed by atoms with van der Waals surface area (Å²) in [4.78, 5) is 4.57. The van der Waals surface area contributed by atoms with E-state index in [2.05, 4.69) is 27.0 Å². The van der Waals surface area contributed by atoms with Crippen molar-refractivity contribution < 1.29 is 4.74 Å². The van der Waals surface area contributed by atoms with Crippen LogP contribution in [-0.4, -0.2) is 4.98 Å². The Labute approximate surface area is 131 Å². The first kappa shape index (κ1) is 14.0. The van der Waals surface area contributed by atoms with Crippen molar-refractivity contribution in [2.24, 2.45) is 5.73 Å². The van der Waals surface area contributed by atoms with E-state index in [-0.39, 0.29) is 0 Å². The highest BCUT2D eigenvalue weighted by Crippen LogP contribution is 2.31. The van der Waals surface area contributed by atoms with Gasteiger partial charge in [0.1, 0.15) is 11.3 Å². The van der Waals surface area contributed by atoms with Crippen molar-refractivity contribution in [2.75, 3.05) is 0 Å². The summed E-state index contributed by atoms with van der Waals surface area (Å²) >= 11 is 3.51. The average Bonchev–Trinajstić information content (AvgIpc) is 2.48. The third-order valence-corrected chi connectivity index (χ3v) is 4.03. The predicted octanol–water partition coefficient (Wildman–Crippen LogP) is 4.56. The van der Waals surface area contributed by atoms with Crippen molar-refractivity contribution >= 4 is 26.8 Å². The molecule has 0 bridgehead atoms. The zero-order valence-corrected chi connectivity index (χ0v) is 13.2. The lowest BCUT2D eigenvalue weighted by Crippen LogP contribution is -1.97. The van der Waals surface area contributed by atoms with E-state index in [1.807, 2.05) is 49.4 Å². The summed E-state index contributed by atoms with van der Waals surface area (Å²) in [5.74, 6) is 1.51. The van der Waals surface area contributed by atoms with Gasteiger partial charge in [0.2, 0.25) is 0 Å². The molecular weight excluding hydrogens is 328 g/mol. The fourth-order valence-corrected chi connectivity index (χ4v) is 2.70. The first-order chi connectivity index (χ1) is 10.2. The van der Waals surface area contributed by atoms with Crippen LogP contribution in [0.3, 0.4) is 0 Å². The lowest BCUT2D eigenvalue weighted by Gasteiger charge is -2.10. The monoisotopic (exact) mass is 342 g/mol. The predicted molar refractivity (Wildman–Crippen MR) is 88.6 cm³/mol. The third kappa shape index (κ3) is 2.91. The van der Waals surface area contributed by atoms with Crippen molar-refractivity contribution in [1.29, 1.82) is 0 Å². The van der Waals surface area contributed by atoms with Crippen LogP contribution in [0, 0.1) is 6.92 Å². The van der Waals surface area contributed by atoms with Crippen molar-refractivity contribution in [3.63, 3.8) is 0 Å². The molecule has 0 aliphatic heterocycles. The van der Waals surface area contributed by atoms with Gasteiger partial charge in [0, 0.05) is 22.1 Å². The number of fused-ring (bicyclic) bond motifs is 1. The quantitative estimate of drug-likeness (QED) is 0.759. The molecule has 4 heteroatoms. The molecule has 0 unspecified atom stereocenters. The Bertz CT molecular complexity index is 802. The number of nitrogens with zero attached hydrogens (tertiary/aromatic N) is 1. The second kappa shape index (κ2) is 5.84. The number of halogens is 1. The molecule has 0 saturated heterocycles. The van der Waals surface area contributed by atoms with Crippen LogP contribution in [0.4, 0.5) is 0 Å². The first-order valence-corrected chi connectivity index (χ1v) is 7.49. The molecule has 1 aromatic heterocycles. The van der Waals surface area contributed by atoms with Crippen LogP contribution >= 0.6 is 15.9 Å². The average molecular weight is 343 g/mol. The maximum atomic E-state index is 5.99. The third-order valence-electron chi connectivity index (χ3n) is 3.29. The number of benzene rings is 2. The van der Waals surface area contributed by atoms with Crippen LogP contribution in [0.1, 0.15) is 11.3 Å². The van der Waals surface area contributed by atoms with E-state index < -0.39 is 0 Å². The van der Waals surface area contributed by atoms with Crippen LogP contribution in [0.2, 0.25) is 0 Å². The van der Waals surface area contributed by atoms with E-state index in [0.29, 0.717) is 6.54 Å². The summed E-state index contributed by atoms with van der Waals surface area (Å²) in [5.41, 5.74) is 8.56. The molecule has 2 aromatic carbocycles. The molecule has 0 radical (unpaired) electrons. The normalized spacial score (nSPS) is 10.8. The minimum absolute atomic E-state index is 0.496. The number of ether oxygens (including phenoxy) is 1. The maximum absolute atomic E-state index is 5.99. The van der Waals surface area contributed by atoms with Gasteiger partial charge in [-0.25, -0.2) is 4.98 Å². The van der Waals surface area contributed by atoms with Gasteiger partial charge < -0.3 is 10.5 Å². The maximum Gasteiger partial charge on any atom is 0.153 e. The zero-order chi connectivity index (χ0) is 14.8. The van der Waals surface area contributed by atoms with E-state index in [0.717, 1.165) is 38.1 Å². The molecule has 0 atom stereocenters. The minimum atomic E-state index is 0.496. The first-order valence-electron chi connectivity index (χ1n) is 6.70. The number of aromatic nitrogens is 1. The zero-order valence-electron chi connectivity index (χ0n) is 11.6. The fourth-order valence-electron chi connectivity index (χ4n) is 2.18. The number of hydrogen-bond acceptors (Lipinski definition) is 3. The minimum Gasteiger partial charge on any atom is -0.455 e. The molecule has 0 saturated carbocycles. The molecular formula is C17H15BrN2O. The highest BCUT2D eigenvalue weighted by molar-refractivity contribution is 9.10. The molecule has 2 N–H and O–H groups in total. The summed E-state index contributed by atoms with van der Waals surface area (Å²) in [6, 6.07) is 15.8. The summed E-state index contributed by atoms with van der Waals surface area (Å²) in [6.07, 6.45) is 0. The molecule has 106 valence electrons. The Morgan fingerprint density at radius 3 is 2.76 bits per heavy atom. The van der Waals surface area contributed by atoms with Gasteiger partial charge >= 0.3 is 0 Å². The molecule has 3 aromatic rings. The molecule has 1 heterocycles. The van der Waals surface area contributed by atoms with E-state index in [1.165, 1.54) is 0 Å². The summed E-state index contributed by atoms with van der Waals surface area (Å²) in [6.45, 7) is 2.47. The Morgan fingerprint density at radius 1 is 1.14 bits per heavy atom. The van der Waals surface area contributed by atoms with Gasteiger partial charge in [0.25, 0.3) is 0 Å². The molecule has 0 aliphatic rings. The Morgan fingerprint density at radius 2 is 2.00 bits per heavy atom. The highest BCUT2D eigenvalue weighted by Gasteiger charge is 2.07. The number of para-hydroxylation sites is 1. The summed E-state index contributed by atoms with van der Waals surface area (Å²) in [5, 5.41) is 1.07. The number of nitrogens with two attached hydrogens (primary N) is 1. The molecule has 0 aliphatic carbocycles. The van der Waals surface area contributed by atoms with Gasteiger partial charge in [-0.15, -0.1) is 0 Å². The van der Waals surface area contributed by atoms with E-state index >= 15 is 0 Å². The molecule has 3 rings (SSSR count). The molecule has 0 fully saturated rings. The van der Waals surface area contributed by atoms with Gasteiger partial charge in [-0.2, -0.15) is 0 Å². The van der Waals surface area contributed by atoms with Gasteiger partial charge in [-0.1, -0.05) is 40.2 Å². The van der Waals surface area contributed by atoms with Crippen molar-refractivity contribution in [1.82, 2.24) is 4.98 Å². The molecule has 0 amide bonds. The van der Waals surface area contributed by atoms with Crippen molar-refractivity contribution in [3.8, 4) is 11.5 Å². The topological polar surface area (TPSA) is 48.1 Å². The Hall–Kier alpha value is -1.91. The van der Waals surface area contributed by atoms with Crippen LogP contribution in [0.25, 0.3) is 10.9 Å². The number of pyridine rings is 1. The Balaban J connectivity index is 2.01. The number of hydrogen-bond donors (Lipinski definition) is 1. The van der Waals surface area contributed by atoms with Gasteiger partial charge in [-0.3, -0.25) is 0 Å². The Kier molecular flexibility index (Phi) is 3.90. The van der Waals surface area contributed by atoms with Crippen LogP contribution in [-0.2, 0) is 6.54 Å². The van der Waals surface area contributed by atoms with Gasteiger partial charge in [0.15, 0.2) is 5.75 Å². The van der Waals surface area contributed by atoms with Crippen molar-refractivity contribution in [2.45, 2.75) is 13.5 Å². The van der Waals surface area contributed by atoms with Gasteiger partial charge in [0.05, 0.1) is 0 Å². The smallest absolute Gasteiger partial charge is 0.153 e. The number of aryl methyl sites for hydroxylation is 1. The van der Waals surface area contributed by atoms with E-state index in [9.17, 15) is 0 Å². The SMILES string of the molecule is Cc1ccc2cccc(Oc3ccc(CN)c(Br)c3)c2n1. The summed E-state index contributed by atoms with van der Waals surface area (Å²) in [7, 11) is 0. The van der Waals surface area contributed by atoms with Crippen molar-refractivity contribution in [3.05, 3.63) is 64.3 Å². The second-order valence-electron chi connectivity index (χ2n) is 4.84. The van der Waals surface area contributed by atoms with Crippen LogP contribution in [0.15, 0.2) is 53.0 Å². The number of rotatable bonds is 3. The fraction of sp³-hybridized carbons (Fsp3) is 0.118. The van der Waals surface area contributed by atoms with Crippen LogP contribution in [0.5, 0.6) is 11.5 Å². The standard InChI is InChI=1S/C17H15BrN2O/c1-11-5-6-12-3-2-4-16(17(12)20-11)21-14-8-7-13(10-19)15(18)9-14/h2-9H,10,19H2,1H3. The highest BCUT2D eigenvalue weighted by atomic mass is 79.9. The van der Waals surface area contributed by atoms with Gasteiger partial charge in [-0.05, 0) is 36.8 Å². The summed E-state index contributed by atoms with van der Waals surface area (Å²) < 4.78 is 6.94. The van der Waals surface area contributed by atoms with Crippen LogP contribution < -0.4 is 10.5 Å². The second-order valence-corrected chi connectivity index (χ2v) is 5.69. The molecule has 0 spiro atoms. The van der Waals surface area contributed by atoms with E-state index in [4.69, 9.17) is 10.5 Å².